The number of nitrogens with zero attached hydrogens (tertiary/aromatic N) is 1. The van der Waals surface area contributed by atoms with Crippen LogP contribution >= 0.6 is 11.6 Å². The van der Waals surface area contributed by atoms with Gasteiger partial charge in [-0.1, -0.05) is 29.8 Å². The van der Waals surface area contributed by atoms with Crippen LogP contribution in [0.4, 0.5) is 18.9 Å². The van der Waals surface area contributed by atoms with Crippen LogP contribution in [-0.4, -0.2) is 18.8 Å². The van der Waals surface area contributed by atoms with Crippen molar-refractivity contribution in [2.45, 2.75) is 12.8 Å². The van der Waals surface area contributed by atoms with Crippen molar-refractivity contribution in [1.82, 2.24) is 0 Å². The number of rotatable bonds is 2. The number of anilines is 1. The van der Waals surface area contributed by atoms with Crippen molar-refractivity contribution in [3.63, 3.8) is 0 Å². The number of carbonyl (C=O) groups excluding carboxylic acids is 1. The highest BCUT2D eigenvalue weighted by atomic mass is 35.5. The number of benzene rings is 2. The molecule has 0 unspecified atom stereocenters. The highest BCUT2D eigenvalue weighted by Crippen LogP contribution is 2.35. The number of carbonyl (C=O) groups is 1. The van der Waals surface area contributed by atoms with Gasteiger partial charge in [-0.05, 0) is 30.7 Å². The maximum atomic E-state index is 13.0. The summed E-state index contributed by atoms with van der Waals surface area (Å²) < 4.78 is 47.7. The Labute approximate surface area is 160 Å². The van der Waals surface area contributed by atoms with Crippen molar-refractivity contribution in [2.24, 2.45) is 0 Å². The molecule has 0 aliphatic carbocycles. The number of hydrogen-bond acceptors (Lipinski definition) is 4. The molecule has 1 amide bonds. The van der Waals surface area contributed by atoms with Gasteiger partial charge in [-0.15, -0.1) is 13.2 Å². The zero-order chi connectivity index (χ0) is 20.1. The summed E-state index contributed by atoms with van der Waals surface area (Å²) in [6, 6.07) is 9.92. The number of para-hydroxylation sites is 3. The second kappa shape index (κ2) is 6.56. The van der Waals surface area contributed by atoms with E-state index < -0.39 is 18.0 Å². The van der Waals surface area contributed by atoms with E-state index in [4.69, 9.17) is 16.0 Å². The maximum Gasteiger partial charge on any atom is 0.573 e. The Morgan fingerprint density at radius 3 is 2.57 bits per heavy atom. The van der Waals surface area contributed by atoms with Gasteiger partial charge in [0.15, 0.2) is 22.5 Å². The highest BCUT2D eigenvalue weighted by Gasteiger charge is 2.36. The van der Waals surface area contributed by atoms with Crippen molar-refractivity contribution < 1.29 is 27.1 Å². The third-order valence-corrected chi connectivity index (χ3v) is 4.67. The van der Waals surface area contributed by atoms with Crippen LogP contribution in [0, 0.1) is 0 Å². The molecule has 5 nitrogen and oxygen atoms in total. The number of ether oxygens (including phenoxy) is 1. The third-order valence-electron chi connectivity index (χ3n) is 4.37. The van der Waals surface area contributed by atoms with E-state index in [1.54, 1.807) is 6.07 Å². The van der Waals surface area contributed by atoms with Gasteiger partial charge in [0.05, 0.1) is 21.7 Å². The first kappa shape index (κ1) is 18.4. The Morgan fingerprint density at radius 1 is 1.07 bits per heavy atom. The van der Waals surface area contributed by atoms with E-state index in [1.165, 1.54) is 30.3 Å². The van der Waals surface area contributed by atoms with Gasteiger partial charge in [0.1, 0.15) is 0 Å². The predicted octanol–water partition coefficient (Wildman–Crippen LogP) is 4.55. The molecular weight excluding hydrogens is 399 g/mol. The number of amides is 1. The first-order valence-electron chi connectivity index (χ1n) is 8.17. The van der Waals surface area contributed by atoms with Gasteiger partial charge in [-0.25, -0.2) is 0 Å². The minimum Gasteiger partial charge on any atom is -0.449 e. The van der Waals surface area contributed by atoms with Gasteiger partial charge in [-0.3, -0.25) is 9.59 Å². The highest BCUT2D eigenvalue weighted by molar-refractivity contribution is 6.34. The topological polar surface area (TPSA) is 59.8 Å². The number of halogens is 4. The first-order chi connectivity index (χ1) is 13.3. The minimum absolute atomic E-state index is 0.000889. The summed E-state index contributed by atoms with van der Waals surface area (Å²) in [6.07, 6.45) is -4.80. The monoisotopic (exact) mass is 409 g/mol. The molecule has 1 aliphatic rings. The summed E-state index contributed by atoms with van der Waals surface area (Å²) in [7, 11) is 0. The number of hydrogen-bond donors (Lipinski definition) is 0. The van der Waals surface area contributed by atoms with E-state index in [0.717, 1.165) is 11.0 Å². The van der Waals surface area contributed by atoms with Gasteiger partial charge < -0.3 is 14.1 Å². The van der Waals surface area contributed by atoms with Gasteiger partial charge >= 0.3 is 6.36 Å². The fourth-order valence-electron chi connectivity index (χ4n) is 3.19. The molecule has 0 spiro atoms. The lowest BCUT2D eigenvalue weighted by Crippen LogP contribution is -2.40. The van der Waals surface area contributed by atoms with E-state index in [-0.39, 0.29) is 51.4 Å². The summed E-state index contributed by atoms with van der Waals surface area (Å²) in [4.78, 5) is 26.8. The van der Waals surface area contributed by atoms with Crippen LogP contribution in [-0.2, 0) is 6.42 Å². The van der Waals surface area contributed by atoms with E-state index in [9.17, 15) is 22.8 Å². The van der Waals surface area contributed by atoms with Crippen molar-refractivity contribution in [2.75, 3.05) is 11.4 Å². The SMILES string of the molecule is O=C1c2oc3c(Cl)cccc3c(=O)c2CCN1c1ccccc1OC(F)(F)F. The third kappa shape index (κ3) is 3.09. The van der Waals surface area contributed by atoms with Crippen LogP contribution in [0.1, 0.15) is 16.1 Å². The van der Waals surface area contributed by atoms with Gasteiger partial charge in [0.2, 0.25) is 0 Å². The molecule has 0 radical (unpaired) electrons. The summed E-state index contributed by atoms with van der Waals surface area (Å²) in [5, 5.41) is 0.399. The molecule has 2 aromatic carbocycles. The Bertz CT molecular complexity index is 1160. The Hall–Kier alpha value is -3.00. The zero-order valence-electron chi connectivity index (χ0n) is 14.0. The normalized spacial score (nSPS) is 14.3. The van der Waals surface area contributed by atoms with E-state index in [1.807, 2.05) is 0 Å². The van der Waals surface area contributed by atoms with Gasteiger partial charge in [-0.2, -0.15) is 0 Å². The second-order valence-electron chi connectivity index (χ2n) is 6.08. The quantitative estimate of drug-likeness (QED) is 0.623. The van der Waals surface area contributed by atoms with Crippen molar-refractivity contribution >= 4 is 34.2 Å². The minimum atomic E-state index is -4.91. The summed E-state index contributed by atoms with van der Waals surface area (Å²) >= 11 is 6.07. The van der Waals surface area contributed by atoms with Gasteiger partial charge in [0, 0.05) is 6.54 Å². The smallest absolute Gasteiger partial charge is 0.449 e. The largest absolute Gasteiger partial charge is 0.573 e. The standard InChI is InChI=1S/C19H11ClF3NO4/c20-12-5-3-4-10-15(25)11-8-9-24(18(26)17(11)27-16(10)12)13-6-1-2-7-14(13)28-19(21,22)23/h1-7H,8-9H2. The average Bonchev–Trinajstić information content (AvgIpc) is 2.63. The van der Waals surface area contributed by atoms with E-state index >= 15 is 0 Å². The molecule has 1 aromatic heterocycles. The van der Waals surface area contributed by atoms with Crippen LogP contribution in [0.5, 0.6) is 5.75 Å². The summed E-state index contributed by atoms with van der Waals surface area (Å²) in [5.41, 5.74) is -0.225. The molecule has 0 saturated carbocycles. The summed E-state index contributed by atoms with van der Waals surface area (Å²) in [5.74, 6) is -1.50. The lowest BCUT2D eigenvalue weighted by Gasteiger charge is -2.29. The predicted molar refractivity (Wildman–Crippen MR) is 96.0 cm³/mol. The second-order valence-corrected chi connectivity index (χ2v) is 6.48. The van der Waals surface area contributed by atoms with Crippen molar-refractivity contribution in [1.29, 1.82) is 0 Å². The molecule has 0 atom stereocenters. The molecular formula is C19H11ClF3NO4. The molecule has 0 saturated heterocycles. The fraction of sp³-hybridized carbons (Fsp3) is 0.158. The molecule has 0 N–H and O–H groups in total. The molecule has 3 aromatic rings. The maximum absolute atomic E-state index is 13.0. The van der Waals surface area contributed by atoms with E-state index in [0.29, 0.717) is 0 Å². The molecule has 28 heavy (non-hydrogen) atoms. The van der Waals surface area contributed by atoms with E-state index in [2.05, 4.69) is 4.74 Å². The zero-order valence-corrected chi connectivity index (χ0v) is 14.8. The first-order valence-corrected chi connectivity index (χ1v) is 8.55. The van der Waals surface area contributed by atoms with Crippen LogP contribution < -0.4 is 15.1 Å². The molecule has 0 fully saturated rings. The Balaban J connectivity index is 1.83. The van der Waals surface area contributed by atoms with Crippen LogP contribution in [0.2, 0.25) is 5.02 Å². The lowest BCUT2D eigenvalue weighted by molar-refractivity contribution is -0.274. The average molecular weight is 410 g/mol. The fourth-order valence-corrected chi connectivity index (χ4v) is 3.40. The number of alkyl halides is 3. The molecule has 0 bridgehead atoms. The van der Waals surface area contributed by atoms with Crippen molar-refractivity contribution in [3.05, 3.63) is 69.0 Å². The molecule has 2 heterocycles. The van der Waals surface area contributed by atoms with Crippen molar-refractivity contribution in [3.8, 4) is 5.75 Å². The molecule has 4 rings (SSSR count). The summed E-state index contributed by atoms with van der Waals surface area (Å²) in [6.45, 7) is 0.000889. The van der Waals surface area contributed by atoms with Crippen LogP contribution in [0.15, 0.2) is 51.7 Å². The molecule has 9 heteroatoms. The number of fused-ring (bicyclic) bond motifs is 2. The van der Waals surface area contributed by atoms with Crippen LogP contribution in [0.25, 0.3) is 11.0 Å². The van der Waals surface area contributed by atoms with Gasteiger partial charge in [0.25, 0.3) is 5.91 Å². The molecule has 1 aliphatic heterocycles. The lowest BCUT2D eigenvalue weighted by atomic mass is 10.0. The van der Waals surface area contributed by atoms with Crippen LogP contribution in [0.3, 0.4) is 0 Å². The molecule has 144 valence electrons. The Kier molecular flexibility index (Phi) is 4.30. The Morgan fingerprint density at radius 2 is 1.82 bits per heavy atom.